The standard InChI is InChI=1S/C34H47NO10/c1-17-20-8-9-21-31-16-42-34(41,25(37)24(31)30(6,7)13-10-22(31)43-18(2)36)32(21)23(20)33(17,27(32)39)44-26(38)19-11-14-35(15-12-19)28(40)45-29(3,4)5/h19-25,37,41H,1,8-16H2,2-7H3. The van der Waals surface area contributed by atoms with Crippen molar-refractivity contribution in [2.45, 2.75) is 109 Å². The van der Waals surface area contributed by atoms with Crippen molar-refractivity contribution >= 4 is 23.8 Å². The highest BCUT2D eigenvalue weighted by Gasteiger charge is 2.97. The highest BCUT2D eigenvalue weighted by molar-refractivity contribution is 6.09. The van der Waals surface area contributed by atoms with E-state index in [9.17, 15) is 29.4 Å². The zero-order chi connectivity index (χ0) is 32.7. The number of carbonyl (C=O) groups excluding carboxylic acids is 4. The van der Waals surface area contributed by atoms with Gasteiger partial charge in [-0.2, -0.15) is 0 Å². The van der Waals surface area contributed by atoms with E-state index >= 15 is 0 Å². The first-order valence-electron chi connectivity index (χ1n) is 16.6. The molecule has 8 fully saturated rings. The molecule has 10 unspecified atom stereocenters. The molecule has 248 valence electrons. The number of piperidine rings is 1. The molecular formula is C34H47NO10. The van der Waals surface area contributed by atoms with E-state index in [1.54, 1.807) is 25.7 Å². The third kappa shape index (κ3) is 3.58. The molecule has 45 heavy (non-hydrogen) atoms. The van der Waals surface area contributed by atoms with Crippen LogP contribution in [-0.4, -0.2) is 87.8 Å². The monoisotopic (exact) mass is 629 g/mol. The summed E-state index contributed by atoms with van der Waals surface area (Å²) in [4.78, 5) is 55.0. The van der Waals surface area contributed by atoms with Crippen molar-refractivity contribution < 1.29 is 48.3 Å². The van der Waals surface area contributed by atoms with Gasteiger partial charge in [-0.25, -0.2) is 4.79 Å². The highest BCUT2D eigenvalue weighted by atomic mass is 16.7. The van der Waals surface area contributed by atoms with Crippen LogP contribution in [0.5, 0.6) is 0 Å². The number of aliphatic hydroxyl groups is 2. The van der Waals surface area contributed by atoms with Crippen LogP contribution in [0.25, 0.3) is 0 Å². The Bertz CT molecular complexity index is 1380. The summed E-state index contributed by atoms with van der Waals surface area (Å²) in [6.45, 7) is 15.8. The average Bonchev–Trinajstić information content (AvgIpc) is 2.96. The average molecular weight is 630 g/mol. The maximum Gasteiger partial charge on any atom is 0.410 e. The quantitative estimate of drug-likeness (QED) is 0.271. The van der Waals surface area contributed by atoms with E-state index in [1.165, 1.54) is 6.92 Å². The number of rotatable bonds is 3. The summed E-state index contributed by atoms with van der Waals surface area (Å²) in [7, 11) is 0. The SMILES string of the molecule is C=C1C2CCC3C45COC(O)(C(O)C4C(C)(C)CCC5OC(C)=O)C34C(=O)C1(OC(=O)C1CCN(C(=O)OC(C)(C)C)CC1)C24. The fraction of sp³-hybridized carbons (Fsp3) is 0.824. The minimum absolute atomic E-state index is 0.0631. The molecule has 0 radical (unpaired) electrons. The van der Waals surface area contributed by atoms with Gasteiger partial charge in [0.05, 0.1) is 12.5 Å². The van der Waals surface area contributed by atoms with Crippen molar-refractivity contribution in [3.63, 3.8) is 0 Å². The number of ketones is 1. The molecule has 1 amide bonds. The minimum Gasteiger partial charge on any atom is -0.462 e. The third-order valence-corrected chi connectivity index (χ3v) is 12.9. The second-order valence-corrected chi connectivity index (χ2v) is 16.5. The van der Waals surface area contributed by atoms with Crippen LogP contribution in [0.15, 0.2) is 12.2 Å². The van der Waals surface area contributed by atoms with Crippen molar-refractivity contribution in [3.05, 3.63) is 12.2 Å². The summed E-state index contributed by atoms with van der Waals surface area (Å²) >= 11 is 0. The van der Waals surface area contributed by atoms with E-state index in [0.717, 1.165) is 0 Å². The van der Waals surface area contributed by atoms with Gasteiger partial charge in [0.2, 0.25) is 5.79 Å². The number of amides is 1. The van der Waals surface area contributed by atoms with Gasteiger partial charge >= 0.3 is 18.0 Å². The molecule has 10 atom stereocenters. The molecule has 2 spiro atoms. The van der Waals surface area contributed by atoms with Gasteiger partial charge in [-0.05, 0) is 82.1 Å². The predicted molar refractivity (Wildman–Crippen MR) is 157 cm³/mol. The topological polar surface area (TPSA) is 149 Å². The van der Waals surface area contributed by atoms with Crippen molar-refractivity contribution in [2.24, 2.45) is 45.8 Å². The van der Waals surface area contributed by atoms with E-state index in [2.05, 4.69) is 20.4 Å². The second kappa shape index (κ2) is 9.31. The zero-order valence-electron chi connectivity index (χ0n) is 27.2. The molecule has 8 rings (SSSR count). The molecule has 0 aromatic heterocycles. The number of fused-ring (bicyclic) bond motifs is 1. The molecule has 11 heteroatoms. The van der Waals surface area contributed by atoms with Crippen LogP contribution in [0, 0.1) is 45.8 Å². The van der Waals surface area contributed by atoms with Gasteiger partial charge in [0.15, 0.2) is 11.4 Å². The molecule has 5 aliphatic carbocycles. The van der Waals surface area contributed by atoms with Crippen molar-refractivity contribution in [1.82, 2.24) is 4.90 Å². The molecule has 2 bridgehead atoms. The van der Waals surface area contributed by atoms with Crippen LogP contribution in [0.2, 0.25) is 0 Å². The Morgan fingerprint density at radius 1 is 1.04 bits per heavy atom. The first kappa shape index (κ1) is 31.1. The highest BCUT2D eigenvalue weighted by Crippen LogP contribution is 2.85. The minimum atomic E-state index is -2.17. The molecule has 3 aliphatic heterocycles. The molecule has 0 aromatic rings. The Kier molecular flexibility index (Phi) is 6.44. The number of esters is 2. The first-order chi connectivity index (χ1) is 20.9. The first-order valence-corrected chi connectivity index (χ1v) is 16.6. The van der Waals surface area contributed by atoms with Crippen molar-refractivity contribution in [1.29, 1.82) is 0 Å². The number of hydrogen-bond donors (Lipinski definition) is 2. The van der Waals surface area contributed by atoms with Gasteiger partial charge in [-0.15, -0.1) is 0 Å². The maximum atomic E-state index is 14.9. The van der Waals surface area contributed by atoms with Crippen LogP contribution < -0.4 is 0 Å². The summed E-state index contributed by atoms with van der Waals surface area (Å²) in [5, 5.41) is 24.5. The number of Topliss-reactive ketones (excluding diaryl/α,β-unsaturated/α-hetero) is 1. The van der Waals surface area contributed by atoms with Crippen LogP contribution in [-0.2, 0) is 33.3 Å². The van der Waals surface area contributed by atoms with E-state index in [1.807, 2.05) is 0 Å². The number of aliphatic hydroxyl groups excluding tert-OH is 1. The molecule has 11 nitrogen and oxygen atoms in total. The Morgan fingerprint density at radius 2 is 1.71 bits per heavy atom. The molecule has 5 saturated carbocycles. The number of ether oxygens (including phenoxy) is 4. The van der Waals surface area contributed by atoms with Crippen LogP contribution in [0.4, 0.5) is 4.79 Å². The summed E-state index contributed by atoms with van der Waals surface area (Å²) in [6.07, 6.45) is 0.803. The summed E-state index contributed by atoms with van der Waals surface area (Å²) in [5.41, 5.74) is -4.50. The fourth-order valence-electron chi connectivity index (χ4n) is 11.4. The van der Waals surface area contributed by atoms with E-state index in [0.29, 0.717) is 57.2 Å². The Morgan fingerprint density at radius 3 is 2.33 bits per heavy atom. The normalized spacial score (nSPS) is 46.1. The fourth-order valence-corrected chi connectivity index (χ4v) is 11.4. The van der Waals surface area contributed by atoms with E-state index in [-0.39, 0.29) is 12.5 Å². The molecule has 3 saturated heterocycles. The van der Waals surface area contributed by atoms with E-state index in [4.69, 9.17) is 18.9 Å². The molecule has 2 N–H and O–H groups in total. The smallest absolute Gasteiger partial charge is 0.410 e. The number of carbonyl (C=O) groups is 4. The lowest BCUT2D eigenvalue weighted by Crippen LogP contribution is -2.97. The van der Waals surface area contributed by atoms with Gasteiger partial charge < -0.3 is 34.1 Å². The number of likely N-dealkylation sites (tertiary alicyclic amines) is 1. The second-order valence-electron chi connectivity index (χ2n) is 16.5. The molecule has 3 heterocycles. The number of hydrogen-bond acceptors (Lipinski definition) is 10. The summed E-state index contributed by atoms with van der Waals surface area (Å²) in [5.74, 6) is -5.81. The van der Waals surface area contributed by atoms with Gasteiger partial charge in [0.1, 0.15) is 23.2 Å². The van der Waals surface area contributed by atoms with Gasteiger partial charge in [-0.3, -0.25) is 14.4 Å². The summed E-state index contributed by atoms with van der Waals surface area (Å²) < 4.78 is 23.8. The van der Waals surface area contributed by atoms with Crippen molar-refractivity contribution in [2.75, 3.05) is 19.7 Å². The lowest BCUT2D eigenvalue weighted by atomic mass is 9.21. The molecular weight excluding hydrogens is 582 g/mol. The molecule has 8 aliphatic rings. The lowest BCUT2D eigenvalue weighted by Gasteiger charge is -2.84. The largest absolute Gasteiger partial charge is 0.462 e. The van der Waals surface area contributed by atoms with Crippen LogP contribution >= 0.6 is 0 Å². The van der Waals surface area contributed by atoms with Gasteiger partial charge in [0, 0.05) is 37.3 Å². The Hall–Kier alpha value is -2.50. The summed E-state index contributed by atoms with van der Waals surface area (Å²) in [6, 6.07) is 0. The zero-order valence-corrected chi connectivity index (χ0v) is 27.2. The molecule has 0 aromatic carbocycles. The number of nitrogens with zero attached hydrogens (tertiary/aromatic N) is 1. The third-order valence-electron chi connectivity index (χ3n) is 12.9. The van der Waals surface area contributed by atoms with Crippen molar-refractivity contribution in [3.8, 4) is 0 Å². The predicted octanol–water partition coefficient (Wildman–Crippen LogP) is 3.14. The Balaban J connectivity index is 1.19. The van der Waals surface area contributed by atoms with Gasteiger partial charge in [-0.1, -0.05) is 20.4 Å². The maximum absolute atomic E-state index is 14.9. The Labute approximate surface area is 264 Å². The van der Waals surface area contributed by atoms with E-state index < -0.39 is 92.9 Å². The lowest BCUT2D eigenvalue weighted by molar-refractivity contribution is -0.483. The van der Waals surface area contributed by atoms with Crippen LogP contribution in [0.1, 0.15) is 80.1 Å². The van der Waals surface area contributed by atoms with Crippen LogP contribution in [0.3, 0.4) is 0 Å². The van der Waals surface area contributed by atoms with Gasteiger partial charge in [0.25, 0.3) is 0 Å².